The zero-order valence-electron chi connectivity index (χ0n) is 9.67. The summed E-state index contributed by atoms with van der Waals surface area (Å²) in [5, 5.41) is 0. The van der Waals surface area contributed by atoms with Crippen LogP contribution in [-0.2, 0) is 14.8 Å². The highest BCUT2D eigenvalue weighted by atomic mass is 32.2. The summed E-state index contributed by atoms with van der Waals surface area (Å²) >= 11 is 0.861. The fraction of sp³-hybridized carbons (Fsp3) is 0.400. The number of esters is 1. The maximum absolute atomic E-state index is 11.9. The summed E-state index contributed by atoms with van der Waals surface area (Å²) in [5.41, 5.74) is 1.08. The van der Waals surface area contributed by atoms with Crippen LogP contribution in [0.1, 0.15) is 23.3 Å². The highest BCUT2D eigenvalue weighted by molar-refractivity contribution is 7.91. The maximum Gasteiger partial charge on any atom is 0.358 e. The Balaban J connectivity index is 2.83. The molecule has 1 heterocycles. The number of sulfonamides is 1. The second-order valence-electron chi connectivity index (χ2n) is 3.19. The summed E-state index contributed by atoms with van der Waals surface area (Å²) < 4.78 is 30.5. The minimum Gasteiger partial charge on any atom is -0.464 e. The summed E-state index contributed by atoms with van der Waals surface area (Å²) in [7, 11) is -2.58. The van der Waals surface area contributed by atoms with E-state index in [1.54, 1.807) is 0 Å². The van der Waals surface area contributed by atoms with E-state index in [2.05, 4.69) is 20.4 Å². The third-order valence-electron chi connectivity index (χ3n) is 1.95. The van der Waals surface area contributed by atoms with Gasteiger partial charge in [-0.05, 0) is 6.42 Å². The van der Waals surface area contributed by atoms with E-state index in [-0.39, 0.29) is 16.4 Å². The van der Waals surface area contributed by atoms with Gasteiger partial charge in [-0.1, -0.05) is 0 Å². The third kappa shape index (κ3) is 3.53. The van der Waals surface area contributed by atoms with Crippen LogP contribution in [0.2, 0.25) is 0 Å². The average Bonchev–Trinajstić information content (AvgIpc) is 2.83. The molecule has 8 heteroatoms. The fourth-order valence-electron chi connectivity index (χ4n) is 1.12. The standard InChI is InChI=1S/C10H12N2O4S2/c1-3-4-5-6-12-18(14,15)10-8(9(13)16-2)11-7-17-10/h1,7,12H,4-6H2,2H3. The number of carbonyl (C=O) groups is 1. The van der Waals surface area contributed by atoms with Crippen molar-refractivity contribution in [3.8, 4) is 12.3 Å². The van der Waals surface area contributed by atoms with Gasteiger partial charge in [0.25, 0.3) is 10.0 Å². The first-order valence-electron chi connectivity index (χ1n) is 4.98. The molecule has 1 N–H and O–H groups in total. The molecule has 0 aliphatic heterocycles. The lowest BCUT2D eigenvalue weighted by molar-refractivity contribution is 0.0590. The second-order valence-corrected chi connectivity index (χ2v) is 6.00. The molecule has 0 bridgehead atoms. The Morgan fingerprint density at radius 1 is 1.67 bits per heavy atom. The monoisotopic (exact) mass is 288 g/mol. The Kier molecular flexibility index (Phi) is 5.27. The SMILES string of the molecule is C#CCCCNS(=O)(=O)c1scnc1C(=O)OC. The Hall–Kier alpha value is -1.43. The molecule has 0 atom stereocenters. The number of thiazole rings is 1. The molecule has 0 unspecified atom stereocenters. The van der Waals surface area contributed by atoms with Gasteiger partial charge in [0.15, 0.2) is 9.90 Å². The number of rotatable bonds is 6. The van der Waals surface area contributed by atoms with Crippen LogP contribution in [0.4, 0.5) is 0 Å². The van der Waals surface area contributed by atoms with Crippen LogP contribution in [0.3, 0.4) is 0 Å². The Bertz CT molecular complexity index is 557. The molecule has 0 amide bonds. The van der Waals surface area contributed by atoms with Crippen LogP contribution >= 0.6 is 11.3 Å². The summed E-state index contributed by atoms with van der Waals surface area (Å²) in [4.78, 5) is 15.0. The Morgan fingerprint density at radius 3 is 3.00 bits per heavy atom. The summed E-state index contributed by atoms with van der Waals surface area (Å²) in [6.45, 7) is 0.213. The zero-order valence-corrected chi connectivity index (χ0v) is 11.3. The fourth-order valence-corrected chi connectivity index (χ4v) is 3.37. The van der Waals surface area contributed by atoms with E-state index in [0.717, 1.165) is 11.3 Å². The van der Waals surface area contributed by atoms with Gasteiger partial charge in [0, 0.05) is 13.0 Å². The van der Waals surface area contributed by atoms with Gasteiger partial charge in [-0.25, -0.2) is 22.9 Å². The van der Waals surface area contributed by atoms with E-state index in [4.69, 9.17) is 6.42 Å². The van der Waals surface area contributed by atoms with Crippen molar-refractivity contribution in [2.75, 3.05) is 13.7 Å². The Morgan fingerprint density at radius 2 is 2.39 bits per heavy atom. The molecule has 1 aromatic rings. The lowest BCUT2D eigenvalue weighted by Crippen LogP contribution is -2.25. The quantitative estimate of drug-likeness (QED) is 0.471. The maximum atomic E-state index is 11.9. The summed E-state index contributed by atoms with van der Waals surface area (Å²) in [6, 6.07) is 0. The van der Waals surface area contributed by atoms with E-state index in [0.29, 0.717) is 12.8 Å². The van der Waals surface area contributed by atoms with Crippen LogP contribution < -0.4 is 4.72 Å². The number of unbranched alkanes of at least 4 members (excludes halogenated alkanes) is 1. The number of methoxy groups -OCH3 is 1. The number of nitrogens with zero attached hydrogens (tertiary/aromatic N) is 1. The normalized spacial score (nSPS) is 10.9. The van der Waals surface area contributed by atoms with Crippen molar-refractivity contribution >= 4 is 27.3 Å². The summed E-state index contributed by atoms with van der Waals surface area (Å²) in [5.74, 6) is 1.63. The van der Waals surface area contributed by atoms with Crippen LogP contribution in [-0.4, -0.2) is 33.0 Å². The van der Waals surface area contributed by atoms with Gasteiger partial charge in [-0.2, -0.15) is 0 Å². The van der Waals surface area contributed by atoms with Crippen LogP contribution in [0.25, 0.3) is 0 Å². The molecule has 0 radical (unpaired) electrons. The second kappa shape index (κ2) is 6.49. The van der Waals surface area contributed by atoms with Crippen molar-refractivity contribution < 1.29 is 17.9 Å². The molecule has 0 fully saturated rings. The molecule has 0 saturated carbocycles. The van der Waals surface area contributed by atoms with Crippen molar-refractivity contribution in [3.05, 3.63) is 11.2 Å². The van der Waals surface area contributed by atoms with Gasteiger partial charge in [0.05, 0.1) is 12.6 Å². The van der Waals surface area contributed by atoms with Crippen molar-refractivity contribution in [2.24, 2.45) is 0 Å². The van der Waals surface area contributed by atoms with Crippen LogP contribution in [0, 0.1) is 12.3 Å². The highest BCUT2D eigenvalue weighted by Crippen LogP contribution is 2.20. The van der Waals surface area contributed by atoms with Crippen molar-refractivity contribution in [3.63, 3.8) is 0 Å². The van der Waals surface area contributed by atoms with Gasteiger partial charge >= 0.3 is 5.97 Å². The van der Waals surface area contributed by atoms with Crippen molar-refractivity contribution in [1.82, 2.24) is 9.71 Å². The van der Waals surface area contributed by atoms with E-state index >= 15 is 0 Å². The smallest absolute Gasteiger partial charge is 0.358 e. The first-order valence-corrected chi connectivity index (χ1v) is 7.34. The molecule has 0 saturated heterocycles. The lowest BCUT2D eigenvalue weighted by Gasteiger charge is -2.04. The number of hydrogen-bond acceptors (Lipinski definition) is 6. The van der Waals surface area contributed by atoms with E-state index in [1.807, 2.05) is 0 Å². The average molecular weight is 288 g/mol. The van der Waals surface area contributed by atoms with Gasteiger partial charge in [-0.15, -0.1) is 23.7 Å². The lowest BCUT2D eigenvalue weighted by atomic mass is 10.3. The summed E-state index contributed by atoms with van der Waals surface area (Å²) in [6.07, 6.45) is 6.07. The number of terminal acetylenes is 1. The topological polar surface area (TPSA) is 85.4 Å². The molecule has 1 rings (SSSR count). The molecule has 18 heavy (non-hydrogen) atoms. The highest BCUT2D eigenvalue weighted by Gasteiger charge is 2.25. The minimum atomic E-state index is -3.75. The molecule has 0 aliphatic rings. The van der Waals surface area contributed by atoms with Gasteiger partial charge in [0.2, 0.25) is 0 Å². The number of aromatic nitrogens is 1. The molecule has 0 aromatic carbocycles. The number of ether oxygens (including phenoxy) is 1. The number of carbonyl (C=O) groups excluding carboxylic acids is 1. The predicted molar refractivity (Wildman–Crippen MR) is 66.7 cm³/mol. The molecule has 0 aliphatic carbocycles. The Labute approximate surface area is 109 Å². The van der Waals surface area contributed by atoms with E-state index in [9.17, 15) is 13.2 Å². The molecular formula is C10H12N2O4S2. The van der Waals surface area contributed by atoms with Crippen molar-refractivity contribution in [2.45, 2.75) is 17.1 Å². The first kappa shape index (κ1) is 14.6. The molecular weight excluding hydrogens is 276 g/mol. The molecule has 6 nitrogen and oxygen atoms in total. The third-order valence-corrected chi connectivity index (χ3v) is 4.78. The molecule has 98 valence electrons. The van der Waals surface area contributed by atoms with E-state index < -0.39 is 16.0 Å². The first-order chi connectivity index (χ1) is 8.53. The van der Waals surface area contributed by atoms with Crippen molar-refractivity contribution in [1.29, 1.82) is 0 Å². The minimum absolute atomic E-state index is 0.143. The van der Waals surface area contributed by atoms with E-state index in [1.165, 1.54) is 12.6 Å². The predicted octanol–water partition coefficient (Wildman–Crippen LogP) is 0.621. The molecule has 1 aromatic heterocycles. The van der Waals surface area contributed by atoms with Crippen LogP contribution in [0.5, 0.6) is 0 Å². The molecule has 0 spiro atoms. The number of hydrogen-bond donors (Lipinski definition) is 1. The van der Waals surface area contributed by atoms with Crippen LogP contribution in [0.15, 0.2) is 9.72 Å². The zero-order chi connectivity index (χ0) is 13.6. The van der Waals surface area contributed by atoms with Gasteiger partial charge in [0.1, 0.15) is 0 Å². The number of nitrogens with one attached hydrogen (secondary N) is 1. The largest absolute Gasteiger partial charge is 0.464 e. The van der Waals surface area contributed by atoms with Gasteiger partial charge in [-0.3, -0.25) is 0 Å². The van der Waals surface area contributed by atoms with Gasteiger partial charge < -0.3 is 4.74 Å².